The fraction of sp³-hybridized carbons (Fsp3) is 0.200. The van der Waals surface area contributed by atoms with Gasteiger partial charge in [-0.05, 0) is 30.2 Å². The predicted octanol–water partition coefficient (Wildman–Crippen LogP) is 4.05. The molecule has 0 aromatic heterocycles. The number of hydrogen-bond acceptors (Lipinski definition) is 3. The van der Waals surface area contributed by atoms with Crippen LogP contribution in [0.4, 0.5) is 4.79 Å². The summed E-state index contributed by atoms with van der Waals surface area (Å²) in [7, 11) is 1.62. The fourth-order valence-electron chi connectivity index (χ4n) is 2.81. The van der Waals surface area contributed by atoms with Gasteiger partial charge < -0.3 is 15.0 Å². The molecule has 134 valence electrons. The number of benzene rings is 2. The van der Waals surface area contributed by atoms with Gasteiger partial charge in [0.15, 0.2) is 0 Å². The van der Waals surface area contributed by atoms with Crippen LogP contribution in [0, 0.1) is 0 Å². The third-order valence-corrected chi connectivity index (χ3v) is 4.64. The summed E-state index contributed by atoms with van der Waals surface area (Å²) in [5, 5.41) is 3.43. The molecule has 1 atom stereocenters. The molecule has 2 aromatic rings. The van der Waals surface area contributed by atoms with E-state index >= 15 is 0 Å². The molecule has 2 aromatic carbocycles. The minimum Gasteiger partial charge on any atom is -0.457 e. The number of carbonyl (C=O) groups excluding carboxylic acids is 2. The topological polar surface area (TPSA) is 58.6 Å². The Morgan fingerprint density at radius 1 is 1.15 bits per heavy atom. The van der Waals surface area contributed by atoms with Crippen molar-refractivity contribution in [2.24, 2.45) is 0 Å². The molecule has 0 bridgehead atoms. The van der Waals surface area contributed by atoms with Gasteiger partial charge in [-0.15, -0.1) is 0 Å². The lowest BCUT2D eigenvalue weighted by Gasteiger charge is -2.33. The van der Waals surface area contributed by atoms with Gasteiger partial charge in [0, 0.05) is 17.8 Å². The molecule has 0 radical (unpaired) electrons. The number of ether oxygens (including phenoxy) is 1. The summed E-state index contributed by atoms with van der Waals surface area (Å²) in [6.45, 7) is 1.90. The lowest BCUT2D eigenvalue weighted by atomic mass is 9.95. The predicted molar refractivity (Wildman–Crippen MR) is 99.4 cm³/mol. The lowest BCUT2D eigenvalue weighted by Crippen LogP contribution is -2.46. The number of rotatable bonds is 4. The van der Waals surface area contributed by atoms with Gasteiger partial charge in [0.25, 0.3) is 0 Å². The summed E-state index contributed by atoms with van der Waals surface area (Å²) in [5.74, 6) is -0.460. The molecule has 1 aliphatic heterocycles. The Hall–Kier alpha value is -2.79. The van der Waals surface area contributed by atoms with Crippen LogP contribution in [-0.4, -0.2) is 23.9 Å². The summed E-state index contributed by atoms with van der Waals surface area (Å²) in [6.07, 6.45) is 0. The minimum atomic E-state index is -0.584. The molecule has 0 fully saturated rings. The van der Waals surface area contributed by atoms with Crippen LogP contribution >= 0.6 is 11.6 Å². The van der Waals surface area contributed by atoms with Crippen molar-refractivity contribution in [2.75, 3.05) is 7.05 Å². The van der Waals surface area contributed by atoms with Gasteiger partial charge in [-0.2, -0.15) is 0 Å². The van der Waals surface area contributed by atoms with Crippen LogP contribution < -0.4 is 5.32 Å². The number of nitrogens with one attached hydrogen (secondary N) is 1. The standard InChI is InChI=1S/C20H19ClN2O3/c1-13-17(19(24)26-12-14-6-4-3-5-7-14)18(22-20(25)23(13)2)15-8-10-16(21)11-9-15/h3-11,18H,12H2,1-2H3,(H,22,25)/t18-/m1/s1. The maximum absolute atomic E-state index is 12.8. The van der Waals surface area contributed by atoms with Crippen molar-refractivity contribution < 1.29 is 14.3 Å². The number of esters is 1. The Morgan fingerprint density at radius 3 is 2.46 bits per heavy atom. The van der Waals surface area contributed by atoms with Crippen LogP contribution in [0.2, 0.25) is 5.02 Å². The van der Waals surface area contributed by atoms with Crippen LogP contribution in [0.1, 0.15) is 24.1 Å². The molecule has 0 spiro atoms. The average Bonchev–Trinajstić information content (AvgIpc) is 2.65. The molecule has 26 heavy (non-hydrogen) atoms. The molecular weight excluding hydrogens is 352 g/mol. The Bertz CT molecular complexity index is 847. The zero-order valence-electron chi connectivity index (χ0n) is 14.5. The highest BCUT2D eigenvalue weighted by Crippen LogP contribution is 2.31. The molecule has 0 aliphatic carbocycles. The lowest BCUT2D eigenvalue weighted by molar-refractivity contribution is -0.141. The van der Waals surface area contributed by atoms with Gasteiger partial charge in [-0.3, -0.25) is 0 Å². The van der Waals surface area contributed by atoms with Crippen LogP contribution in [0.3, 0.4) is 0 Å². The van der Waals surface area contributed by atoms with Crippen LogP contribution in [0.5, 0.6) is 0 Å². The summed E-state index contributed by atoms with van der Waals surface area (Å²) in [6, 6.07) is 15.6. The van der Waals surface area contributed by atoms with Crippen molar-refractivity contribution in [3.05, 3.63) is 82.0 Å². The van der Waals surface area contributed by atoms with E-state index in [9.17, 15) is 9.59 Å². The highest BCUT2D eigenvalue weighted by molar-refractivity contribution is 6.30. The summed E-state index contributed by atoms with van der Waals surface area (Å²) < 4.78 is 5.50. The number of halogens is 1. The first kappa shape index (κ1) is 18.0. The molecule has 3 rings (SSSR count). The summed E-state index contributed by atoms with van der Waals surface area (Å²) in [4.78, 5) is 26.4. The van der Waals surface area contributed by atoms with E-state index in [-0.39, 0.29) is 12.6 Å². The second-order valence-corrected chi connectivity index (χ2v) is 6.49. The summed E-state index contributed by atoms with van der Waals surface area (Å²) >= 11 is 5.95. The zero-order chi connectivity index (χ0) is 18.7. The van der Waals surface area contributed by atoms with E-state index in [4.69, 9.17) is 16.3 Å². The third kappa shape index (κ3) is 3.73. The minimum absolute atomic E-state index is 0.168. The first-order chi connectivity index (χ1) is 12.5. The second kappa shape index (κ2) is 7.62. The van der Waals surface area contributed by atoms with Gasteiger partial charge in [0.2, 0.25) is 0 Å². The maximum Gasteiger partial charge on any atom is 0.338 e. The van der Waals surface area contributed by atoms with Gasteiger partial charge in [0.1, 0.15) is 6.61 Å². The molecule has 0 saturated heterocycles. The smallest absolute Gasteiger partial charge is 0.338 e. The molecule has 1 N–H and O–H groups in total. The van der Waals surface area contributed by atoms with Gasteiger partial charge in [-0.25, -0.2) is 9.59 Å². The van der Waals surface area contributed by atoms with Crippen molar-refractivity contribution in [1.29, 1.82) is 0 Å². The zero-order valence-corrected chi connectivity index (χ0v) is 15.3. The Labute approximate surface area is 157 Å². The Kier molecular flexibility index (Phi) is 5.28. The Balaban J connectivity index is 1.89. The van der Waals surface area contributed by atoms with Crippen LogP contribution in [0.25, 0.3) is 0 Å². The molecule has 2 amide bonds. The maximum atomic E-state index is 12.8. The number of allylic oxidation sites excluding steroid dienone is 1. The molecule has 0 saturated carbocycles. The molecular formula is C20H19ClN2O3. The number of nitrogens with zero attached hydrogens (tertiary/aromatic N) is 1. The fourth-order valence-corrected chi connectivity index (χ4v) is 2.93. The van der Waals surface area contributed by atoms with Crippen molar-refractivity contribution in [1.82, 2.24) is 10.2 Å². The van der Waals surface area contributed by atoms with Crippen molar-refractivity contribution in [2.45, 2.75) is 19.6 Å². The Morgan fingerprint density at radius 2 is 1.81 bits per heavy atom. The van der Waals surface area contributed by atoms with E-state index in [1.54, 1.807) is 38.2 Å². The largest absolute Gasteiger partial charge is 0.457 e. The first-order valence-electron chi connectivity index (χ1n) is 8.19. The molecule has 1 aliphatic rings. The normalized spacial score (nSPS) is 17.1. The van der Waals surface area contributed by atoms with Gasteiger partial charge in [0.05, 0.1) is 11.6 Å². The highest BCUT2D eigenvalue weighted by atomic mass is 35.5. The number of hydrogen-bond donors (Lipinski definition) is 1. The molecule has 5 nitrogen and oxygen atoms in total. The van der Waals surface area contributed by atoms with E-state index in [1.807, 2.05) is 30.3 Å². The van der Waals surface area contributed by atoms with Gasteiger partial charge >= 0.3 is 12.0 Å². The molecule has 0 unspecified atom stereocenters. The third-order valence-electron chi connectivity index (χ3n) is 4.39. The quantitative estimate of drug-likeness (QED) is 0.826. The monoisotopic (exact) mass is 370 g/mol. The van der Waals surface area contributed by atoms with Crippen molar-refractivity contribution in [3.63, 3.8) is 0 Å². The molecule has 1 heterocycles. The number of urea groups is 1. The first-order valence-corrected chi connectivity index (χ1v) is 8.56. The second-order valence-electron chi connectivity index (χ2n) is 6.05. The van der Waals surface area contributed by atoms with E-state index in [1.165, 1.54) is 4.90 Å². The summed E-state index contributed by atoms with van der Waals surface area (Å²) in [5.41, 5.74) is 2.63. The van der Waals surface area contributed by atoms with E-state index in [2.05, 4.69) is 5.32 Å². The number of carbonyl (C=O) groups is 2. The van der Waals surface area contributed by atoms with Crippen molar-refractivity contribution >= 4 is 23.6 Å². The SMILES string of the molecule is CC1=C(C(=O)OCc2ccccc2)[C@@H](c2ccc(Cl)cc2)NC(=O)N1C. The van der Waals surface area contributed by atoms with Crippen molar-refractivity contribution in [3.8, 4) is 0 Å². The van der Waals surface area contributed by atoms with E-state index in [0.717, 1.165) is 11.1 Å². The average molecular weight is 371 g/mol. The van der Waals surface area contributed by atoms with E-state index < -0.39 is 12.0 Å². The van der Waals surface area contributed by atoms with Crippen LogP contribution in [0.15, 0.2) is 65.9 Å². The van der Waals surface area contributed by atoms with E-state index in [0.29, 0.717) is 16.3 Å². The van der Waals surface area contributed by atoms with Gasteiger partial charge in [-0.1, -0.05) is 54.1 Å². The van der Waals surface area contributed by atoms with Crippen LogP contribution in [-0.2, 0) is 16.1 Å². The number of amides is 2. The highest BCUT2D eigenvalue weighted by Gasteiger charge is 2.34. The molecule has 6 heteroatoms.